The van der Waals surface area contributed by atoms with Gasteiger partial charge in [-0.25, -0.2) is 4.98 Å². The molecule has 0 radical (unpaired) electrons. The minimum absolute atomic E-state index is 0.0210. The molecule has 1 fully saturated rings. The highest BCUT2D eigenvalue weighted by Gasteiger charge is 2.22. The first kappa shape index (κ1) is 14.6. The van der Waals surface area contributed by atoms with Crippen LogP contribution in [0.25, 0.3) is 11.0 Å². The molecule has 1 aliphatic heterocycles. The Kier molecular flexibility index (Phi) is 3.74. The third-order valence-corrected chi connectivity index (χ3v) is 5.34. The number of aryl methyl sites for hydroxylation is 1. The summed E-state index contributed by atoms with van der Waals surface area (Å²) in [5.74, 6) is 0. The van der Waals surface area contributed by atoms with E-state index in [-0.39, 0.29) is 11.6 Å². The number of fused-ring (bicyclic) bond motifs is 1. The summed E-state index contributed by atoms with van der Waals surface area (Å²) < 4.78 is 3.42. The molecule has 120 valence electrons. The van der Waals surface area contributed by atoms with Crippen molar-refractivity contribution in [2.24, 2.45) is 7.05 Å². The summed E-state index contributed by atoms with van der Waals surface area (Å²) in [6, 6.07) is 4.50. The van der Waals surface area contributed by atoms with Crippen molar-refractivity contribution in [3.63, 3.8) is 0 Å². The lowest BCUT2D eigenvalue weighted by atomic mass is 10.0. The van der Waals surface area contributed by atoms with Gasteiger partial charge in [0.25, 0.3) is 5.56 Å². The van der Waals surface area contributed by atoms with Crippen LogP contribution in [-0.4, -0.2) is 37.3 Å². The maximum Gasteiger partial charge on any atom is 0.281 e. The van der Waals surface area contributed by atoms with E-state index in [0.29, 0.717) is 11.0 Å². The van der Waals surface area contributed by atoms with Crippen molar-refractivity contribution in [1.82, 2.24) is 24.2 Å². The number of piperidine rings is 1. The van der Waals surface area contributed by atoms with Gasteiger partial charge in [-0.15, -0.1) is 11.3 Å². The molecule has 4 heterocycles. The van der Waals surface area contributed by atoms with Crippen LogP contribution in [0.5, 0.6) is 0 Å². The zero-order valence-corrected chi connectivity index (χ0v) is 13.9. The Labute approximate surface area is 138 Å². The number of rotatable bonds is 3. The number of nitrogens with zero attached hydrogens (tertiary/aromatic N) is 5. The average Bonchev–Trinajstić information content (AvgIpc) is 3.18. The van der Waals surface area contributed by atoms with Gasteiger partial charge in [0.2, 0.25) is 0 Å². The van der Waals surface area contributed by atoms with E-state index in [1.807, 2.05) is 7.05 Å². The molecule has 0 aliphatic carbocycles. The minimum atomic E-state index is -0.0210. The van der Waals surface area contributed by atoms with E-state index in [1.54, 1.807) is 33.1 Å². The van der Waals surface area contributed by atoms with Crippen LogP contribution in [0.1, 0.15) is 23.8 Å². The summed E-state index contributed by atoms with van der Waals surface area (Å²) >= 11 is 1.80. The van der Waals surface area contributed by atoms with Gasteiger partial charge in [-0.2, -0.15) is 5.10 Å². The van der Waals surface area contributed by atoms with Crippen molar-refractivity contribution < 1.29 is 0 Å². The second kappa shape index (κ2) is 5.90. The molecule has 6 nitrogen and oxygen atoms in total. The first-order valence-corrected chi connectivity index (χ1v) is 8.74. The fourth-order valence-corrected chi connectivity index (χ4v) is 4.01. The fraction of sp³-hybridized carbons (Fsp3) is 0.438. The van der Waals surface area contributed by atoms with Gasteiger partial charge in [-0.05, 0) is 24.3 Å². The molecule has 0 atom stereocenters. The second-order valence-electron chi connectivity index (χ2n) is 6.08. The normalized spacial score (nSPS) is 17.1. The number of likely N-dealkylation sites (tertiary alicyclic amines) is 1. The van der Waals surface area contributed by atoms with E-state index in [2.05, 4.69) is 32.5 Å². The van der Waals surface area contributed by atoms with Gasteiger partial charge in [0.15, 0.2) is 5.52 Å². The Morgan fingerprint density at radius 2 is 2.17 bits per heavy atom. The molecule has 0 unspecified atom stereocenters. The summed E-state index contributed by atoms with van der Waals surface area (Å²) in [5.41, 5.74) is 1.12. The van der Waals surface area contributed by atoms with Gasteiger partial charge in [0, 0.05) is 37.6 Å². The summed E-state index contributed by atoms with van der Waals surface area (Å²) in [6.07, 6.45) is 5.42. The highest BCUT2D eigenvalue weighted by atomic mass is 32.1. The monoisotopic (exact) mass is 329 g/mol. The lowest BCUT2D eigenvalue weighted by molar-refractivity contribution is 0.179. The zero-order valence-electron chi connectivity index (χ0n) is 13.1. The highest BCUT2D eigenvalue weighted by Crippen LogP contribution is 2.23. The molecule has 23 heavy (non-hydrogen) atoms. The fourth-order valence-electron chi connectivity index (χ4n) is 3.26. The summed E-state index contributed by atoms with van der Waals surface area (Å²) in [4.78, 5) is 20.9. The van der Waals surface area contributed by atoms with Crippen molar-refractivity contribution in [1.29, 1.82) is 0 Å². The molecular weight excluding hydrogens is 310 g/mol. The lowest BCUT2D eigenvalue weighted by Gasteiger charge is -2.32. The third-order valence-electron chi connectivity index (χ3n) is 4.48. The van der Waals surface area contributed by atoms with E-state index in [9.17, 15) is 4.79 Å². The number of hydrogen-bond acceptors (Lipinski definition) is 5. The van der Waals surface area contributed by atoms with Crippen LogP contribution in [0.4, 0.5) is 0 Å². The number of hydrogen-bond donors (Lipinski definition) is 0. The molecule has 1 aliphatic rings. The molecule has 3 aromatic rings. The molecule has 7 heteroatoms. The predicted molar refractivity (Wildman–Crippen MR) is 90.6 cm³/mol. The van der Waals surface area contributed by atoms with Gasteiger partial charge in [-0.1, -0.05) is 6.07 Å². The second-order valence-corrected chi connectivity index (χ2v) is 7.11. The van der Waals surface area contributed by atoms with Gasteiger partial charge in [0.1, 0.15) is 5.52 Å². The van der Waals surface area contributed by atoms with Crippen LogP contribution >= 0.6 is 11.3 Å². The molecule has 4 rings (SSSR count). The quantitative estimate of drug-likeness (QED) is 0.738. The molecule has 1 saturated heterocycles. The average molecular weight is 329 g/mol. The van der Waals surface area contributed by atoms with Crippen LogP contribution < -0.4 is 5.56 Å². The number of thiophene rings is 1. The minimum Gasteiger partial charge on any atom is -0.298 e. The summed E-state index contributed by atoms with van der Waals surface area (Å²) in [5, 5.41) is 6.37. The first-order chi connectivity index (χ1) is 11.2. The van der Waals surface area contributed by atoms with Crippen molar-refractivity contribution in [3.8, 4) is 0 Å². The Morgan fingerprint density at radius 1 is 1.35 bits per heavy atom. The Bertz CT molecular complexity index is 858. The molecule has 0 bridgehead atoms. The topological polar surface area (TPSA) is 56.0 Å². The van der Waals surface area contributed by atoms with Gasteiger partial charge >= 0.3 is 0 Å². The SMILES string of the molecule is Cn1cc2ncn(C3CCN(Cc4cccs4)CC3)c(=O)c2n1. The maximum absolute atomic E-state index is 12.6. The van der Waals surface area contributed by atoms with Crippen molar-refractivity contribution in [2.45, 2.75) is 25.4 Å². The van der Waals surface area contributed by atoms with Crippen molar-refractivity contribution in [3.05, 3.63) is 45.3 Å². The smallest absolute Gasteiger partial charge is 0.281 e. The summed E-state index contributed by atoms with van der Waals surface area (Å²) in [7, 11) is 1.81. The van der Waals surface area contributed by atoms with Crippen LogP contribution in [0.2, 0.25) is 0 Å². The van der Waals surface area contributed by atoms with Crippen LogP contribution in [0.15, 0.2) is 34.8 Å². The Balaban J connectivity index is 1.50. The van der Waals surface area contributed by atoms with E-state index >= 15 is 0 Å². The lowest BCUT2D eigenvalue weighted by Crippen LogP contribution is -2.37. The van der Waals surface area contributed by atoms with E-state index in [1.165, 1.54) is 4.88 Å². The molecule has 0 spiro atoms. The Morgan fingerprint density at radius 3 is 2.91 bits per heavy atom. The van der Waals surface area contributed by atoms with E-state index in [0.717, 1.165) is 32.5 Å². The molecule has 0 amide bonds. The van der Waals surface area contributed by atoms with Crippen molar-refractivity contribution >= 4 is 22.4 Å². The van der Waals surface area contributed by atoms with E-state index < -0.39 is 0 Å². The zero-order chi connectivity index (χ0) is 15.8. The van der Waals surface area contributed by atoms with Gasteiger partial charge in [0.05, 0.1) is 12.5 Å². The maximum atomic E-state index is 12.6. The van der Waals surface area contributed by atoms with Gasteiger partial charge in [-0.3, -0.25) is 18.9 Å². The first-order valence-electron chi connectivity index (χ1n) is 7.86. The highest BCUT2D eigenvalue weighted by molar-refractivity contribution is 7.09. The standard InChI is InChI=1S/C16H19N5OS/c1-19-10-14-15(18-19)16(22)21(11-17-14)12-4-6-20(7-5-12)9-13-3-2-8-23-13/h2-3,8,10-12H,4-7,9H2,1H3. The van der Waals surface area contributed by atoms with Crippen molar-refractivity contribution in [2.75, 3.05) is 13.1 Å². The summed E-state index contributed by atoms with van der Waals surface area (Å²) in [6.45, 7) is 3.03. The van der Waals surface area contributed by atoms with Gasteiger partial charge < -0.3 is 0 Å². The van der Waals surface area contributed by atoms with Crippen LogP contribution in [0.3, 0.4) is 0 Å². The van der Waals surface area contributed by atoms with Crippen LogP contribution in [-0.2, 0) is 13.6 Å². The molecule has 0 N–H and O–H groups in total. The largest absolute Gasteiger partial charge is 0.298 e. The third kappa shape index (κ3) is 2.82. The predicted octanol–water partition coefficient (Wildman–Crippen LogP) is 2.03. The number of aromatic nitrogens is 4. The molecule has 3 aromatic heterocycles. The van der Waals surface area contributed by atoms with Crippen LogP contribution in [0, 0.1) is 0 Å². The van der Waals surface area contributed by atoms with E-state index in [4.69, 9.17) is 0 Å². The molecular formula is C16H19N5OS. The molecule has 0 aromatic carbocycles. The molecule has 0 saturated carbocycles. The Hall–Kier alpha value is -1.99.